The zero-order chi connectivity index (χ0) is 38.7. The summed E-state index contributed by atoms with van der Waals surface area (Å²) in [6.07, 6.45) is 2.79. The number of urea groups is 1. The molecule has 4 rings (SSSR count). The summed E-state index contributed by atoms with van der Waals surface area (Å²) in [7, 11) is 1.68. The van der Waals surface area contributed by atoms with E-state index in [1.54, 1.807) is 30.1 Å². The van der Waals surface area contributed by atoms with Gasteiger partial charge in [-0.2, -0.15) is 0 Å². The molecule has 0 saturated carbocycles. The quantitative estimate of drug-likeness (QED) is 0.0720. The summed E-state index contributed by atoms with van der Waals surface area (Å²) in [5.41, 5.74) is 4.60. The second-order valence-electron chi connectivity index (χ2n) is 13.3. The van der Waals surface area contributed by atoms with Crippen LogP contribution in [-0.4, -0.2) is 77.6 Å². The molecule has 292 valence electrons. The molecule has 0 fully saturated rings. The van der Waals surface area contributed by atoms with E-state index in [4.69, 9.17) is 14.2 Å². The molecular formula is C40H54N6O6S2. The number of alkyl carbamates (subject to hydrolysis) is 1. The molecule has 0 bridgehead atoms. The maximum Gasteiger partial charge on any atom is 0.407 e. The molecular weight excluding hydrogens is 725 g/mol. The Kier molecular flexibility index (Phi) is 17.9. The van der Waals surface area contributed by atoms with Gasteiger partial charge in [0.25, 0.3) is 0 Å². The number of hydrogen-bond donors (Lipinski definition) is 3. The van der Waals surface area contributed by atoms with Crippen LogP contribution in [0.1, 0.15) is 79.6 Å². The monoisotopic (exact) mass is 778 g/mol. The third-order valence-electron chi connectivity index (χ3n) is 8.57. The molecule has 14 heteroatoms. The summed E-state index contributed by atoms with van der Waals surface area (Å²) in [6, 6.07) is 17.9. The topological polar surface area (TPSA) is 144 Å². The van der Waals surface area contributed by atoms with E-state index in [2.05, 4.69) is 39.8 Å². The third-order valence-corrected chi connectivity index (χ3v) is 10.5. The standard InChI is InChI=1S/C40H54N6O6S2/c1-6-50-36(51-7-2)22-35(45-39(48)46(5)24-33-26-53-38(43-33)28(3)4)37(47)42-31(20-29-14-10-8-11-15-29)18-19-32(21-30-16-12-9-13-17-30)44-40(49)52-25-34-23-41-27-54-34/h8-17,23,26-28,31-32,35-36H,6-7,18-22,24-25H2,1-5H3,(H,42,47)(H,44,49)(H,45,48)/t31-,32-,35+/m1/s1. The van der Waals surface area contributed by atoms with Crippen LogP contribution < -0.4 is 16.0 Å². The Bertz CT molecular complexity index is 1670. The molecule has 2 aromatic carbocycles. The number of aromatic nitrogens is 2. The van der Waals surface area contributed by atoms with Crippen molar-refractivity contribution in [3.05, 3.63) is 104 Å². The first-order valence-corrected chi connectivity index (χ1v) is 20.3. The van der Waals surface area contributed by atoms with Crippen molar-refractivity contribution >= 4 is 40.7 Å². The van der Waals surface area contributed by atoms with E-state index in [0.717, 1.165) is 26.7 Å². The van der Waals surface area contributed by atoms with Gasteiger partial charge in [0.15, 0.2) is 6.29 Å². The van der Waals surface area contributed by atoms with Crippen LogP contribution >= 0.6 is 22.7 Å². The lowest BCUT2D eigenvalue weighted by atomic mass is 9.95. The van der Waals surface area contributed by atoms with Gasteiger partial charge in [-0.25, -0.2) is 14.6 Å². The molecule has 0 aliphatic rings. The Hall–Kier alpha value is -4.37. The third kappa shape index (κ3) is 14.8. The molecule has 0 unspecified atom stereocenters. The molecule has 12 nitrogen and oxygen atoms in total. The van der Waals surface area contributed by atoms with Gasteiger partial charge in [0.2, 0.25) is 5.91 Å². The Balaban J connectivity index is 1.50. The summed E-state index contributed by atoms with van der Waals surface area (Å²) < 4.78 is 17.1. The molecule has 0 aliphatic carbocycles. The molecule has 2 heterocycles. The largest absolute Gasteiger partial charge is 0.444 e. The highest BCUT2D eigenvalue weighted by Gasteiger charge is 2.29. The minimum atomic E-state index is -0.956. The minimum absolute atomic E-state index is 0.114. The average molecular weight is 779 g/mol. The second-order valence-corrected chi connectivity index (χ2v) is 15.2. The van der Waals surface area contributed by atoms with Crippen molar-refractivity contribution in [3.8, 4) is 0 Å². The number of nitrogens with one attached hydrogen (secondary N) is 3. The molecule has 3 atom stereocenters. The number of hydrogen-bond acceptors (Lipinski definition) is 10. The van der Waals surface area contributed by atoms with Gasteiger partial charge in [-0.3, -0.25) is 9.78 Å². The van der Waals surface area contributed by atoms with Crippen LogP contribution in [0.5, 0.6) is 0 Å². The van der Waals surface area contributed by atoms with Crippen LogP contribution in [-0.2, 0) is 45.0 Å². The Morgan fingerprint density at radius 2 is 1.44 bits per heavy atom. The van der Waals surface area contributed by atoms with Crippen LogP contribution in [0, 0.1) is 0 Å². The molecule has 2 aromatic heterocycles. The van der Waals surface area contributed by atoms with Crippen molar-refractivity contribution < 1.29 is 28.6 Å². The number of amides is 4. The van der Waals surface area contributed by atoms with Crippen molar-refractivity contribution in [3.63, 3.8) is 0 Å². The van der Waals surface area contributed by atoms with Gasteiger partial charge >= 0.3 is 12.1 Å². The van der Waals surface area contributed by atoms with Gasteiger partial charge in [0.05, 0.1) is 27.6 Å². The van der Waals surface area contributed by atoms with E-state index in [9.17, 15) is 14.4 Å². The SMILES string of the molecule is CCOC(C[C@H](NC(=O)N(C)Cc1csc(C(C)C)n1)C(=O)N[C@H](CC[C@H](Cc1ccccc1)NC(=O)OCc1cncs1)Cc1ccccc1)OCC. The van der Waals surface area contributed by atoms with Gasteiger partial charge < -0.3 is 35.1 Å². The minimum Gasteiger partial charge on any atom is -0.444 e. The molecule has 0 radical (unpaired) electrons. The number of thiazole rings is 2. The average Bonchev–Trinajstić information content (AvgIpc) is 3.86. The van der Waals surface area contributed by atoms with E-state index >= 15 is 0 Å². The van der Waals surface area contributed by atoms with E-state index < -0.39 is 24.5 Å². The van der Waals surface area contributed by atoms with Crippen molar-refractivity contribution in [1.29, 1.82) is 0 Å². The van der Waals surface area contributed by atoms with E-state index in [1.807, 2.05) is 79.9 Å². The summed E-state index contributed by atoms with van der Waals surface area (Å²) in [4.78, 5) is 51.9. The molecule has 0 saturated heterocycles. The number of carbonyl (C=O) groups excluding carboxylic acids is 3. The second kappa shape index (κ2) is 22.8. The first kappa shape index (κ1) is 42.4. The summed E-state index contributed by atoms with van der Waals surface area (Å²) in [5.74, 6) is -0.0596. The molecule has 3 N–H and O–H groups in total. The van der Waals surface area contributed by atoms with Crippen LogP contribution in [0.3, 0.4) is 0 Å². The predicted octanol–water partition coefficient (Wildman–Crippen LogP) is 7.07. The smallest absolute Gasteiger partial charge is 0.407 e. The molecule has 4 aromatic rings. The van der Waals surface area contributed by atoms with E-state index in [0.29, 0.717) is 51.4 Å². The van der Waals surface area contributed by atoms with Crippen LogP contribution in [0.2, 0.25) is 0 Å². The number of ether oxygens (including phenoxy) is 3. The summed E-state index contributed by atoms with van der Waals surface area (Å²) in [5, 5.41) is 12.2. The van der Waals surface area contributed by atoms with Gasteiger partial charge in [0, 0.05) is 56.3 Å². The van der Waals surface area contributed by atoms with E-state index in [1.165, 1.54) is 16.2 Å². The van der Waals surface area contributed by atoms with Crippen LogP contribution in [0.4, 0.5) is 9.59 Å². The Morgan fingerprint density at radius 3 is 1.98 bits per heavy atom. The van der Waals surface area contributed by atoms with Gasteiger partial charge in [0.1, 0.15) is 12.6 Å². The first-order valence-electron chi connectivity index (χ1n) is 18.5. The Labute approximate surface area is 327 Å². The number of rotatable bonds is 22. The first-order chi connectivity index (χ1) is 26.1. The highest BCUT2D eigenvalue weighted by Crippen LogP contribution is 2.20. The van der Waals surface area contributed by atoms with E-state index in [-0.39, 0.29) is 31.0 Å². The summed E-state index contributed by atoms with van der Waals surface area (Å²) in [6.45, 7) is 9.08. The maximum atomic E-state index is 14.2. The highest BCUT2D eigenvalue weighted by molar-refractivity contribution is 7.09. The highest BCUT2D eigenvalue weighted by atomic mass is 32.1. The summed E-state index contributed by atoms with van der Waals surface area (Å²) >= 11 is 2.99. The molecule has 54 heavy (non-hydrogen) atoms. The van der Waals surface area contributed by atoms with Crippen molar-refractivity contribution in [2.24, 2.45) is 0 Å². The lowest BCUT2D eigenvalue weighted by Gasteiger charge is -2.29. The maximum absolute atomic E-state index is 14.2. The zero-order valence-electron chi connectivity index (χ0n) is 31.9. The lowest BCUT2D eigenvalue weighted by molar-refractivity contribution is -0.149. The molecule has 0 spiro atoms. The normalized spacial score (nSPS) is 12.9. The molecule has 0 aliphatic heterocycles. The fraction of sp³-hybridized carbons (Fsp3) is 0.475. The molecule has 4 amide bonds. The lowest BCUT2D eigenvalue weighted by Crippen LogP contribution is -2.54. The van der Waals surface area contributed by atoms with Crippen LogP contribution in [0.25, 0.3) is 0 Å². The fourth-order valence-corrected chi connectivity index (χ4v) is 7.16. The van der Waals surface area contributed by atoms with Gasteiger partial charge in [-0.05, 0) is 50.7 Å². The van der Waals surface area contributed by atoms with Gasteiger partial charge in [-0.1, -0.05) is 74.5 Å². The number of benzene rings is 2. The number of carbonyl (C=O) groups is 3. The number of nitrogens with zero attached hydrogens (tertiary/aromatic N) is 3. The van der Waals surface area contributed by atoms with Crippen molar-refractivity contribution in [2.75, 3.05) is 20.3 Å². The zero-order valence-corrected chi connectivity index (χ0v) is 33.5. The fourth-order valence-electron chi connectivity index (χ4n) is 5.82. The van der Waals surface area contributed by atoms with Crippen molar-refractivity contribution in [2.45, 2.75) is 103 Å². The van der Waals surface area contributed by atoms with Crippen molar-refractivity contribution in [1.82, 2.24) is 30.8 Å². The van der Waals surface area contributed by atoms with Crippen LogP contribution in [0.15, 0.2) is 77.8 Å². The Morgan fingerprint density at radius 1 is 0.833 bits per heavy atom. The van der Waals surface area contributed by atoms with Gasteiger partial charge in [-0.15, -0.1) is 22.7 Å². The predicted molar refractivity (Wildman–Crippen MR) is 212 cm³/mol.